The minimum Gasteiger partial charge on any atom is -0.396 e. The number of thiophene rings is 1. The summed E-state index contributed by atoms with van der Waals surface area (Å²) in [6, 6.07) is 20.3. The number of para-hydroxylation sites is 1. The van der Waals surface area contributed by atoms with Crippen molar-refractivity contribution in [3.8, 4) is 0 Å². The number of nitrogens with one attached hydrogen (secondary N) is 1. The molecule has 0 atom stereocenters. The van der Waals surface area contributed by atoms with E-state index < -0.39 is 0 Å². The van der Waals surface area contributed by atoms with Crippen LogP contribution in [0.3, 0.4) is 0 Å². The van der Waals surface area contributed by atoms with Gasteiger partial charge in [0.05, 0.1) is 23.1 Å². The minimum absolute atomic E-state index is 0.136. The fourth-order valence-corrected chi connectivity index (χ4v) is 5.24. The lowest BCUT2D eigenvalue weighted by atomic mass is 10.1. The molecule has 0 fully saturated rings. The summed E-state index contributed by atoms with van der Waals surface area (Å²) < 4.78 is 3.09. The van der Waals surface area contributed by atoms with Gasteiger partial charge in [0.25, 0.3) is 0 Å². The van der Waals surface area contributed by atoms with Gasteiger partial charge in [0.2, 0.25) is 0 Å². The number of aliphatic hydroxyl groups is 1. The van der Waals surface area contributed by atoms with Gasteiger partial charge in [-0.3, -0.25) is 9.67 Å². The molecule has 6 aromatic rings. The SMILES string of the molecule is OCCc1ccc2c(c1)sc1ncnc(Nc3nn(Cc4ccccn4)c4ccccc34)c12. The van der Waals surface area contributed by atoms with Crippen LogP contribution in [0, 0.1) is 0 Å². The lowest BCUT2D eigenvalue weighted by Gasteiger charge is -2.05. The Morgan fingerprint density at radius 3 is 2.70 bits per heavy atom. The molecule has 0 aliphatic heterocycles. The largest absolute Gasteiger partial charge is 0.396 e. The van der Waals surface area contributed by atoms with Crippen molar-refractivity contribution in [1.82, 2.24) is 24.7 Å². The van der Waals surface area contributed by atoms with Gasteiger partial charge < -0.3 is 10.4 Å². The molecule has 0 aliphatic carbocycles. The van der Waals surface area contributed by atoms with Crippen molar-refractivity contribution in [2.75, 3.05) is 11.9 Å². The zero-order valence-corrected chi connectivity index (χ0v) is 18.5. The second-order valence-corrected chi connectivity index (χ2v) is 8.81. The summed E-state index contributed by atoms with van der Waals surface area (Å²) in [5, 5.41) is 20.7. The van der Waals surface area contributed by atoms with E-state index in [2.05, 4.69) is 50.6 Å². The molecule has 0 saturated heterocycles. The molecule has 0 saturated carbocycles. The number of rotatable bonds is 6. The number of benzene rings is 2. The van der Waals surface area contributed by atoms with E-state index in [0.717, 1.165) is 54.1 Å². The Balaban J connectivity index is 1.45. The van der Waals surface area contributed by atoms with E-state index in [1.54, 1.807) is 23.9 Å². The Labute approximate surface area is 193 Å². The Kier molecular flexibility index (Phi) is 4.93. The van der Waals surface area contributed by atoms with Gasteiger partial charge in [0.15, 0.2) is 5.82 Å². The summed E-state index contributed by atoms with van der Waals surface area (Å²) in [6.07, 6.45) is 4.02. The topological polar surface area (TPSA) is 88.8 Å². The van der Waals surface area contributed by atoms with Crippen molar-refractivity contribution in [3.63, 3.8) is 0 Å². The quantitative estimate of drug-likeness (QED) is 0.373. The molecule has 7 nitrogen and oxygen atoms in total. The molecule has 6 rings (SSSR count). The molecular weight excluding hydrogens is 432 g/mol. The molecule has 33 heavy (non-hydrogen) atoms. The number of hydrogen-bond acceptors (Lipinski definition) is 7. The zero-order chi connectivity index (χ0) is 22.2. The van der Waals surface area contributed by atoms with Gasteiger partial charge in [-0.05, 0) is 42.3 Å². The molecule has 0 spiro atoms. The number of aromatic nitrogens is 5. The van der Waals surface area contributed by atoms with E-state index in [4.69, 9.17) is 5.10 Å². The predicted octanol–water partition coefficient (Wildman–Crippen LogP) is 4.92. The first-order valence-electron chi connectivity index (χ1n) is 10.7. The summed E-state index contributed by atoms with van der Waals surface area (Å²) in [5.74, 6) is 1.48. The maximum atomic E-state index is 9.28. The molecule has 4 heterocycles. The van der Waals surface area contributed by atoms with Gasteiger partial charge in [-0.25, -0.2) is 9.97 Å². The summed E-state index contributed by atoms with van der Waals surface area (Å²) >= 11 is 1.63. The number of nitrogens with zero attached hydrogens (tertiary/aromatic N) is 5. The minimum atomic E-state index is 0.136. The van der Waals surface area contributed by atoms with Gasteiger partial charge in [0, 0.05) is 28.3 Å². The van der Waals surface area contributed by atoms with Crippen LogP contribution in [-0.2, 0) is 13.0 Å². The Bertz CT molecular complexity index is 1590. The maximum absolute atomic E-state index is 9.28. The van der Waals surface area contributed by atoms with Crippen LogP contribution in [0.4, 0.5) is 11.6 Å². The summed E-state index contributed by atoms with van der Waals surface area (Å²) in [7, 11) is 0. The number of anilines is 2. The van der Waals surface area contributed by atoms with E-state index in [9.17, 15) is 5.11 Å². The first-order valence-corrected chi connectivity index (χ1v) is 11.5. The lowest BCUT2D eigenvalue weighted by Crippen LogP contribution is -2.04. The third-order valence-electron chi connectivity index (χ3n) is 5.67. The van der Waals surface area contributed by atoms with E-state index in [1.165, 1.54) is 0 Å². The average Bonchev–Trinajstić information content (AvgIpc) is 3.38. The van der Waals surface area contributed by atoms with Gasteiger partial charge >= 0.3 is 0 Å². The van der Waals surface area contributed by atoms with Crippen LogP contribution in [0.1, 0.15) is 11.3 Å². The van der Waals surface area contributed by atoms with Crippen LogP contribution in [-0.4, -0.2) is 36.4 Å². The van der Waals surface area contributed by atoms with Crippen molar-refractivity contribution in [2.45, 2.75) is 13.0 Å². The van der Waals surface area contributed by atoms with E-state index >= 15 is 0 Å². The number of pyridine rings is 1. The molecule has 4 aromatic heterocycles. The molecule has 0 aliphatic rings. The Morgan fingerprint density at radius 1 is 0.909 bits per heavy atom. The van der Waals surface area contributed by atoms with Crippen LogP contribution in [0.15, 0.2) is 73.2 Å². The molecular formula is C25H20N6OS. The van der Waals surface area contributed by atoms with Gasteiger partial charge in [-0.2, -0.15) is 5.10 Å². The van der Waals surface area contributed by atoms with Crippen LogP contribution in [0.5, 0.6) is 0 Å². The van der Waals surface area contributed by atoms with Crippen molar-refractivity contribution in [3.05, 3.63) is 84.4 Å². The Morgan fingerprint density at radius 2 is 1.82 bits per heavy atom. The average molecular weight is 453 g/mol. The van der Waals surface area contributed by atoms with Crippen LogP contribution < -0.4 is 5.32 Å². The fourth-order valence-electron chi connectivity index (χ4n) is 4.13. The van der Waals surface area contributed by atoms with Gasteiger partial charge in [-0.1, -0.05) is 30.3 Å². The third kappa shape index (κ3) is 3.59. The summed E-state index contributed by atoms with van der Waals surface area (Å²) in [6.45, 7) is 0.717. The van der Waals surface area contributed by atoms with Crippen LogP contribution >= 0.6 is 11.3 Å². The second kappa shape index (κ2) is 8.23. The molecule has 0 amide bonds. The van der Waals surface area contributed by atoms with Crippen molar-refractivity contribution >= 4 is 54.2 Å². The first kappa shape index (κ1) is 19.8. The monoisotopic (exact) mass is 452 g/mol. The molecule has 162 valence electrons. The predicted molar refractivity (Wildman–Crippen MR) is 132 cm³/mol. The van der Waals surface area contributed by atoms with Crippen molar-refractivity contribution < 1.29 is 5.11 Å². The normalized spacial score (nSPS) is 11.5. The van der Waals surface area contributed by atoms with E-state index in [1.807, 2.05) is 35.0 Å². The number of hydrogen-bond donors (Lipinski definition) is 2. The maximum Gasteiger partial charge on any atom is 0.161 e. The third-order valence-corrected chi connectivity index (χ3v) is 6.73. The van der Waals surface area contributed by atoms with Crippen LogP contribution in [0.2, 0.25) is 0 Å². The first-order chi connectivity index (χ1) is 16.3. The molecule has 0 bridgehead atoms. The highest BCUT2D eigenvalue weighted by molar-refractivity contribution is 7.25. The number of fused-ring (bicyclic) bond motifs is 4. The molecule has 8 heteroatoms. The molecule has 0 unspecified atom stereocenters. The highest BCUT2D eigenvalue weighted by Gasteiger charge is 2.16. The highest BCUT2D eigenvalue weighted by atomic mass is 32.1. The van der Waals surface area contributed by atoms with Crippen LogP contribution in [0.25, 0.3) is 31.2 Å². The molecule has 2 N–H and O–H groups in total. The van der Waals surface area contributed by atoms with Gasteiger partial charge in [-0.15, -0.1) is 11.3 Å². The summed E-state index contributed by atoms with van der Waals surface area (Å²) in [4.78, 5) is 14.4. The lowest BCUT2D eigenvalue weighted by molar-refractivity contribution is 0.299. The van der Waals surface area contributed by atoms with Crippen molar-refractivity contribution in [2.24, 2.45) is 0 Å². The highest BCUT2D eigenvalue weighted by Crippen LogP contribution is 2.38. The standard InChI is InChI=1S/C25H20N6OS/c32-12-10-16-8-9-19-21(13-16)33-25-22(19)24(27-15-28-25)29-23-18-6-1-2-7-20(18)31(30-23)14-17-5-3-4-11-26-17/h1-9,11,13,15,32H,10,12,14H2,(H,27,28,29,30). The van der Waals surface area contributed by atoms with E-state index in [-0.39, 0.29) is 6.61 Å². The zero-order valence-electron chi connectivity index (χ0n) is 17.6. The van der Waals surface area contributed by atoms with Gasteiger partial charge in [0.1, 0.15) is 17.0 Å². The van der Waals surface area contributed by atoms with Crippen molar-refractivity contribution in [1.29, 1.82) is 0 Å². The molecule has 0 radical (unpaired) electrons. The van der Waals surface area contributed by atoms with E-state index in [0.29, 0.717) is 13.0 Å². The molecule has 2 aromatic carbocycles. The Hall–Kier alpha value is -3.88. The second-order valence-electron chi connectivity index (χ2n) is 7.78. The summed E-state index contributed by atoms with van der Waals surface area (Å²) in [5.41, 5.74) is 3.09. The number of aliphatic hydroxyl groups excluding tert-OH is 1. The smallest absolute Gasteiger partial charge is 0.161 e. The fraction of sp³-hybridized carbons (Fsp3) is 0.120.